The summed E-state index contributed by atoms with van der Waals surface area (Å²) >= 11 is 6.05. The lowest BCUT2D eigenvalue weighted by Crippen LogP contribution is -2.31. The summed E-state index contributed by atoms with van der Waals surface area (Å²) in [6, 6.07) is 8.23. The molecule has 0 saturated carbocycles. The van der Waals surface area contributed by atoms with Gasteiger partial charge in [-0.25, -0.2) is 0 Å². The molecular weight excluding hydrogens is 250 g/mol. The van der Waals surface area contributed by atoms with Gasteiger partial charge in [0.25, 0.3) is 0 Å². The summed E-state index contributed by atoms with van der Waals surface area (Å²) in [5.41, 5.74) is 1.30. The molecule has 0 fully saturated rings. The number of halogens is 1. The SMILES string of the molecule is COCC(Cl)CCNCC1Cc2ccccc2O1. The molecule has 0 saturated heterocycles. The Bertz CT molecular complexity index is 348. The summed E-state index contributed by atoms with van der Waals surface area (Å²) in [5, 5.41) is 3.47. The standard InChI is InChI=1S/C14H20ClNO2/c1-17-10-12(15)6-7-16-9-13-8-11-4-2-3-5-14(11)18-13/h2-5,12-13,16H,6-10H2,1H3. The van der Waals surface area contributed by atoms with Gasteiger partial charge in [-0.2, -0.15) is 0 Å². The third-order valence-corrected chi connectivity index (χ3v) is 3.41. The smallest absolute Gasteiger partial charge is 0.123 e. The highest BCUT2D eigenvalue weighted by molar-refractivity contribution is 6.20. The van der Waals surface area contributed by atoms with Gasteiger partial charge in [-0.3, -0.25) is 0 Å². The van der Waals surface area contributed by atoms with Gasteiger partial charge in [0.1, 0.15) is 11.9 Å². The molecule has 2 rings (SSSR count). The average Bonchev–Trinajstić information content (AvgIpc) is 2.77. The number of fused-ring (bicyclic) bond motifs is 1. The van der Waals surface area contributed by atoms with E-state index < -0.39 is 0 Å². The lowest BCUT2D eigenvalue weighted by molar-refractivity contribution is 0.193. The maximum atomic E-state index is 6.05. The van der Waals surface area contributed by atoms with Crippen molar-refractivity contribution in [3.8, 4) is 5.75 Å². The van der Waals surface area contributed by atoms with Crippen molar-refractivity contribution in [2.75, 3.05) is 26.8 Å². The molecule has 18 heavy (non-hydrogen) atoms. The van der Waals surface area contributed by atoms with Crippen molar-refractivity contribution < 1.29 is 9.47 Å². The van der Waals surface area contributed by atoms with Crippen molar-refractivity contribution in [2.45, 2.75) is 24.3 Å². The molecule has 2 unspecified atom stereocenters. The summed E-state index contributed by atoms with van der Waals surface area (Å²) in [6.45, 7) is 2.37. The molecule has 0 amide bonds. The summed E-state index contributed by atoms with van der Waals surface area (Å²) < 4.78 is 10.8. The molecule has 0 spiro atoms. The van der Waals surface area contributed by atoms with Gasteiger partial charge in [0, 0.05) is 20.1 Å². The summed E-state index contributed by atoms with van der Waals surface area (Å²) in [6.07, 6.45) is 2.15. The Morgan fingerprint density at radius 3 is 3.11 bits per heavy atom. The normalized spacial score (nSPS) is 19.3. The van der Waals surface area contributed by atoms with Crippen LogP contribution in [0.3, 0.4) is 0 Å². The number of nitrogens with one attached hydrogen (secondary N) is 1. The number of benzene rings is 1. The first kappa shape index (κ1) is 13.7. The number of ether oxygens (including phenoxy) is 2. The fourth-order valence-electron chi connectivity index (χ4n) is 2.15. The highest BCUT2D eigenvalue weighted by Crippen LogP contribution is 2.27. The van der Waals surface area contributed by atoms with Gasteiger partial charge in [-0.05, 0) is 24.6 Å². The van der Waals surface area contributed by atoms with Crippen LogP contribution in [0.2, 0.25) is 0 Å². The first-order chi connectivity index (χ1) is 8.79. The van der Waals surface area contributed by atoms with Crippen molar-refractivity contribution in [2.24, 2.45) is 0 Å². The minimum absolute atomic E-state index is 0.0872. The van der Waals surface area contributed by atoms with Gasteiger partial charge in [0.15, 0.2) is 0 Å². The van der Waals surface area contributed by atoms with Crippen molar-refractivity contribution >= 4 is 11.6 Å². The van der Waals surface area contributed by atoms with Crippen molar-refractivity contribution in [3.63, 3.8) is 0 Å². The molecule has 1 aliphatic rings. The van der Waals surface area contributed by atoms with E-state index in [2.05, 4.69) is 17.4 Å². The molecule has 1 N–H and O–H groups in total. The maximum absolute atomic E-state index is 6.05. The van der Waals surface area contributed by atoms with E-state index in [0.29, 0.717) is 6.61 Å². The topological polar surface area (TPSA) is 30.5 Å². The highest BCUT2D eigenvalue weighted by Gasteiger charge is 2.21. The summed E-state index contributed by atoms with van der Waals surface area (Å²) in [5.74, 6) is 1.03. The second kappa shape index (κ2) is 6.98. The van der Waals surface area contributed by atoms with Crippen LogP contribution in [0.25, 0.3) is 0 Å². The zero-order valence-electron chi connectivity index (χ0n) is 10.7. The van der Waals surface area contributed by atoms with E-state index >= 15 is 0 Å². The number of hydrogen-bond donors (Lipinski definition) is 1. The van der Waals surface area contributed by atoms with Crippen LogP contribution in [0.15, 0.2) is 24.3 Å². The second-order valence-electron chi connectivity index (χ2n) is 4.60. The lowest BCUT2D eigenvalue weighted by atomic mass is 10.1. The Morgan fingerprint density at radius 1 is 1.50 bits per heavy atom. The average molecular weight is 270 g/mol. The molecule has 1 aromatic carbocycles. The van der Waals surface area contributed by atoms with Crippen molar-refractivity contribution in [1.29, 1.82) is 0 Å². The predicted molar refractivity (Wildman–Crippen MR) is 73.6 cm³/mol. The maximum Gasteiger partial charge on any atom is 0.123 e. The Hall–Kier alpha value is -0.770. The Labute approximate surface area is 113 Å². The van der Waals surface area contributed by atoms with Crippen molar-refractivity contribution in [3.05, 3.63) is 29.8 Å². The molecule has 1 aliphatic heterocycles. The molecule has 100 valence electrons. The van der Waals surface area contributed by atoms with Gasteiger partial charge in [-0.1, -0.05) is 18.2 Å². The minimum Gasteiger partial charge on any atom is -0.488 e. The third-order valence-electron chi connectivity index (χ3n) is 3.07. The number of para-hydroxylation sites is 1. The molecule has 3 nitrogen and oxygen atoms in total. The number of hydrogen-bond acceptors (Lipinski definition) is 3. The second-order valence-corrected chi connectivity index (χ2v) is 5.21. The fraction of sp³-hybridized carbons (Fsp3) is 0.571. The number of rotatable bonds is 7. The van der Waals surface area contributed by atoms with E-state index in [4.69, 9.17) is 21.1 Å². The van der Waals surface area contributed by atoms with E-state index in [1.165, 1.54) is 5.56 Å². The van der Waals surface area contributed by atoms with E-state index in [1.54, 1.807) is 7.11 Å². The van der Waals surface area contributed by atoms with Crippen LogP contribution >= 0.6 is 11.6 Å². The van der Waals surface area contributed by atoms with Crippen LogP contribution in [0.4, 0.5) is 0 Å². The molecule has 0 aliphatic carbocycles. The Kier molecular flexibility index (Phi) is 5.29. The first-order valence-corrected chi connectivity index (χ1v) is 6.81. The van der Waals surface area contributed by atoms with Gasteiger partial charge in [0.2, 0.25) is 0 Å². The quantitative estimate of drug-likeness (QED) is 0.608. The Balaban J connectivity index is 1.62. The molecule has 0 aromatic heterocycles. The van der Waals surface area contributed by atoms with Crippen LogP contribution < -0.4 is 10.1 Å². The van der Waals surface area contributed by atoms with Crippen LogP contribution in [-0.4, -0.2) is 38.3 Å². The molecule has 2 atom stereocenters. The van der Waals surface area contributed by atoms with E-state index in [-0.39, 0.29) is 11.5 Å². The van der Waals surface area contributed by atoms with Crippen LogP contribution in [0.5, 0.6) is 5.75 Å². The zero-order chi connectivity index (χ0) is 12.8. The highest BCUT2D eigenvalue weighted by atomic mass is 35.5. The van der Waals surface area contributed by atoms with Gasteiger partial charge >= 0.3 is 0 Å². The monoisotopic (exact) mass is 269 g/mol. The van der Waals surface area contributed by atoms with Crippen LogP contribution in [0, 0.1) is 0 Å². The van der Waals surface area contributed by atoms with E-state index in [9.17, 15) is 0 Å². The Morgan fingerprint density at radius 2 is 2.33 bits per heavy atom. The lowest BCUT2D eigenvalue weighted by Gasteiger charge is -2.13. The zero-order valence-corrected chi connectivity index (χ0v) is 11.5. The molecular formula is C14H20ClNO2. The molecule has 0 radical (unpaired) electrons. The predicted octanol–water partition coefficient (Wildman–Crippen LogP) is 2.22. The van der Waals surface area contributed by atoms with Gasteiger partial charge < -0.3 is 14.8 Å². The number of alkyl halides is 1. The number of methoxy groups -OCH3 is 1. The third kappa shape index (κ3) is 3.87. The largest absolute Gasteiger partial charge is 0.488 e. The first-order valence-electron chi connectivity index (χ1n) is 6.38. The molecule has 0 bridgehead atoms. The van der Waals surface area contributed by atoms with Crippen LogP contribution in [-0.2, 0) is 11.2 Å². The van der Waals surface area contributed by atoms with E-state index in [0.717, 1.165) is 31.7 Å². The summed E-state index contributed by atoms with van der Waals surface area (Å²) in [4.78, 5) is 0. The molecule has 1 heterocycles. The minimum atomic E-state index is 0.0872. The van der Waals surface area contributed by atoms with E-state index in [1.807, 2.05) is 12.1 Å². The van der Waals surface area contributed by atoms with Gasteiger partial charge in [0.05, 0.1) is 12.0 Å². The molecule has 4 heteroatoms. The van der Waals surface area contributed by atoms with Crippen molar-refractivity contribution in [1.82, 2.24) is 5.32 Å². The van der Waals surface area contributed by atoms with Gasteiger partial charge in [-0.15, -0.1) is 11.6 Å². The van der Waals surface area contributed by atoms with Crippen LogP contribution in [0.1, 0.15) is 12.0 Å². The molecule has 1 aromatic rings. The summed E-state index contributed by atoms with van der Waals surface area (Å²) in [7, 11) is 1.67. The fourth-order valence-corrected chi connectivity index (χ4v) is 2.39.